The molecule has 0 spiro atoms. The van der Waals surface area contributed by atoms with Crippen molar-refractivity contribution in [1.29, 1.82) is 0 Å². The van der Waals surface area contributed by atoms with E-state index in [0.717, 1.165) is 21.8 Å². The number of amides is 2. The number of benzene rings is 2. The quantitative estimate of drug-likeness (QED) is 0.396. The van der Waals surface area contributed by atoms with Crippen LogP contribution in [-0.2, 0) is 36.6 Å². The highest BCUT2D eigenvalue weighted by Gasteiger charge is 2.31. The Bertz CT molecular complexity index is 1350. The highest BCUT2D eigenvalue weighted by atomic mass is 16.7. The van der Waals surface area contributed by atoms with E-state index in [9.17, 15) is 24.3 Å². The number of carboxylic acid groups (broad SMARTS) is 1. The molecular formula is C30H34N2O10. The summed E-state index contributed by atoms with van der Waals surface area (Å²) < 4.78 is 25.2. The number of nitrogens with zero attached hydrogens (tertiary/aromatic N) is 1. The Hall–Kier alpha value is -5.00. The molecule has 2 N–H and O–H groups in total. The van der Waals surface area contributed by atoms with Crippen LogP contribution < -0.4 is 14.8 Å². The maximum absolute atomic E-state index is 11.6. The predicted octanol–water partition coefficient (Wildman–Crippen LogP) is 3.84. The third kappa shape index (κ3) is 8.75. The predicted molar refractivity (Wildman–Crippen MR) is 150 cm³/mol. The van der Waals surface area contributed by atoms with E-state index in [1.807, 2.05) is 48.5 Å². The fourth-order valence-electron chi connectivity index (χ4n) is 4.07. The minimum atomic E-state index is -1.13. The van der Waals surface area contributed by atoms with Crippen LogP contribution in [-0.4, -0.2) is 74.0 Å². The van der Waals surface area contributed by atoms with Crippen LogP contribution in [0.25, 0.3) is 0 Å². The number of cyclic esters (lactones) is 2. The number of nitrogens with one attached hydrogen (secondary N) is 1. The van der Waals surface area contributed by atoms with Crippen LogP contribution in [0, 0.1) is 0 Å². The third-order valence-corrected chi connectivity index (χ3v) is 6.32. The Morgan fingerprint density at radius 1 is 0.857 bits per heavy atom. The number of esters is 2. The minimum Gasteiger partial charge on any atom is -0.496 e. The highest BCUT2D eigenvalue weighted by Crippen LogP contribution is 2.21. The van der Waals surface area contributed by atoms with Crippen molar-refractivity contribution >= 4 is 24.1 Å². The number of carbonyl (C=O) groups is 4. The molecule has 42 heavy (non-hydrogen) atoms. The van der Waals surface area contributed by atoms with Gasteiger partial charge in [0.2, 0.25) is 6.23 Å². The molecule has 0 bridgehead atoms. The standard InChI is InChI=1S/2C15H17NO5/c1-10-9-13(20-14(10)17)21-15(18)16-8-7-11-5-3-4-6-12(11)19-2;1-10-9-13(21-14(10)17)16(15(18)19)8-7-11-5-3-4-6-12(11)20-2/h3-6,9,13H,7-8H2,1-2H3,(H,16,18);3-6,9,13H,7-8H2,1-2H3,(H,18,19). The summed E-state index contributed by atoms with van der Waals surface area (Å²) in [4.78, 5) is 46.5. The second-order valence-electron chi connectivity index (χ2n) is 9.20. The molecule has 2 heterocycles. The number of ether oxygens (including phenoxy) is 5. The van der Waals surface area contributed by atoms with Gasteiger partial charge in [-0.15, -0.1) is 0 Å². The van der Waals surface area contributed by atoms with Crippen LogP contribution in [0.15, 0.2) is 71.8 Å². The van der Waals surface area contributed by atoms with E-state index in [1.165, 1.54) is 12.2 Å². The van der Waals surface area contributed by atoms with Gasteiger partial charge in [0.05, 0.1) is 14.2 Å². The monoisotopic (exact) mass is 582 g/mol. The van der Waals surface area contributed by atoms with Crippen LogP contribution in [0.5, 0.6) is 11.5 Å². The van der Waals surface area contributed by atoms with Crippen molar-refractivity contribution < 1.29 is 48.0 Å². The molecule has 0 saturated carbocycles. The summed E-state index contributed by atoms with van der Waals surface area (Å²) in [5, 5.41) is 11.9. The SMILES string of the molecule is COc1ccccc1CCN(C(=O)O)C1C=C(C)C(=O)O1.COc1ccccc1CCNC(=O)OC1C=C(C)C(=O)O1. The molecule has 2 atom stereocenters. The Morgan fingerprint density at radius 2 is 1.40 bits per heavy atom. The van der Waals surface area contributed by atoms with E-state index in [1.54, 1.807) is 28.1 Å². The van der Waals surface area contributed by atoms with Gasteiger partial charge in [0.15, 0.2) is 0 Å². The Balaban J connectivity index is 0.000000230. The van der Waals surface area contributed by atoms with Gasteiger partial charge >= 0.3 is 24.1 Å². The third-order valence-electron chi connectivity index (χ3n) is 6.32. The van der Waals surface area contributed by atoms with Gasteiger partial charge < -0.3 is 34.1 Å². The van der Waals surface area contributed by atoms with E-state index in [0.29, 0.717) is 36.3 Å². The molecule has 0 saturated heterocycles. The zero-order valence-electron chi connectivity index (χ0n) is 23.8. The van der Waals surface area contributed by atoms with Gasteiger partial charge in [0.1, 0.15) is 11.5 Å². The largest absolute Gasteiger partial charge is 0.496 e. The molecule has 0 radical (unpaired) electrons. The summed E-state index contributed by atoms with van der Waals surface area (Å²) in [6.07, 6.45) is 0.493. The number of para-hydroxylation sites is 2. The summed E-state index contributed by atoms with van der Waals surface area (Å²) >= 11 is 0. The van der Waals surface area contributed by atoms with Crippen LogP contribution in [0.1, 0.15) is 25.0 Å². The summed E-state index contributed by atoms with van der Waals surface area (Å²) in [7, 11) is 3.17. The number of hydrogen-bond donors (Lipinski definition) is 2. The van der Waals surface area contributed by atoms with Crippen molar-refractivity contribution in [2.24, 2.45) is 0 Å². The molecular weight excluding hydrogens is 548 g/mol. The molecule has 4 rings (SSSR count). The fourth-order valence-corrected chi connectivity index (χ4v) is 4.07. The molecule has 12 heteroatoms. The second kappa shape index (κ2) is 15.1. The Labute approximate surface area is 243 Å². The lowest BCUT2D eigenvalue weighted by molar-refractivity contribution is -0.151. The summed E-state index contributed by atoms with van der Waals surface area (Å²) in [5.74, 6) is 0.527. The van der Waals surface area contributed by atoms with Crippen LogP contribution in [0.4, 0.5) is 9.59 Å². The number of alkyl carbamates (subject to hydrolysis) is 1. The van der Waals surface area contributed by atoms with Crippen molar-refractivity contribution in [1.82, 2.24) is 10.2 Å². The van der Waals surface area contributed by atoms with Gasteiger partial charge in [-0.25, -0.2) is 19.2 Å². The first kappa shape index (κ1) is 31.5. The molecule has 2 aliphatic heterocycles. The van der Waals surface area contributed by atoms with Crippen molar-refractivity contribution in [3.05, 3.63) is 83.0 Å². The number of rotatable bonds is 10. The average Bonchev–Trinajstić information content (AvgIpc) is 3.47. The lowest BCUT2D eigenvalue weighted by atomic mass is 10.1. The van der Waals surface area contributed by atoms with E-state index in [-0.39, 0.29) is 6.54 Å². The van der Waals surface area contributed by atoms with E-state index in [2.05, 4.69) is 5.32 Å². The maximum atomic E-state index is 11.6. The lowest BCUT2D eigenvalue weighted by Gasteiger charge is -2.24. The Morgan fingerprint density at radius 3 is 1.90 bits per heavy atom. The van der Waals surface area contributed by atoms with Crippen LogP contribution in [0.3, 0.4) is 0 Å². The molecule has 12 nitrogen and oxygen atoms in total. The van der Waals surface area contributed by atoms with Gasteiger partial charge in [0, 0.05) is 30.3 Å². The smallest absolute Gasteiger partial charge is 0.410 e. The summed E-state index contributed by atoms with van der Waals surface area (Å²) in [6, 6.07) is 15.0. The maximum Gasteiger partial charge on any atom is 0.410 e. The zero-order chi connectivity index (χ0) is 30.6. The van der Waals surface area contributed by atoms with E-state index < -0.39 is 36.6 Å². The topological polar surface area (TPSA) is 150 Å². The van der Waals surface area contributed by atoms with Gasteiger partial charge in [-0.2, -0.15) is 0 Å². The van der Waals surface area contributed by atoms with Gasteiger partial charge in [-0.3, -0.25) is 4.90 Å². The molecule has 2 unspecified atom stereocenters. The normalized spacial score (nSPS) is 17.0. The van der Waals surface area contributed by atoms with Crippen LogP contribution in [0.2, 0.25) is 0 Å². The molecule has 0 fully saturated rings. The first-order valence-corrected chi connectivity index (χ1v) is 13.1. The van der Waals surface area contributed by atoms with Crippen LogP contribution >= 0.6 is 0 Å². The first-order valence-electron chi connectivity index (χ1n) is 13.1. The lowest BCUT2D eigenvalue weighted by Crippen LogP contribution is -2.40. The molecule has 224 valence electrons. The number of carbonyl (C=O) groups excluding carboxylic acids is 3. The van der Waals surface area contributed by atoms with Gasteiger partial charge in [0.25, 0.3) is 6.29 Å². The first-order chi connectivity index (χ1) is 20.1. The van der Waals surface area contributed by atoms with Gasteiger partial charge in [-0.05, 0) is 56.0 Å². The van der Waals surface area contributed by atoms with Crippen molar-refractivity contribution in [2.45, 2.75) is 39.2 Å². The molecule has 2 aromatic carbocycles. The number of methoxy groups -OCH3 is 2. The van der Waals surface area contributed by atoms with Crippen molar-refractivity contribution in [3.8, 4) is 11.5 Å². The molecule has 2 aromatic rings. The summed E-state index contributed by atoms with van der Waals surface area (Å²) in [5.41, 5.74) is 2.74. The van der Waals surface area contributed by atoms with Crippen molar-refractivity contribution in [3.63, 3.8) is 0 Å². The zero-order valence-corrected chi connectivity index (χ0v) is 23.8. The highest BCUT2D eigenvalue weighted by molar-refractivity contribution is 5.90. The van der Waals surface area contributed by atoms with Crippen molar-refractivity contribution in [2.75, 3.05) is 27.3 Å². The van der Waals surface area contributed by atoms with E-state index >= 15 is 0 Å². The van der Waals surface area contributed by atoms with Gasteiger partial charge in [-0.1, -0.05) is 36.4 Å². The molecule has 0 aliphatic carbocycles. The fraction of sp³-hybridized carbons (Fsp3) is 0.333. The van der Waals surface area contributed by atoms with E-state index in [4.69, 9.17) is 23.7 Å². The molecule has 2 amide bonds. The minimum absolute atomic E-state index is 0.206. The Kier molecular flexibility index (Phi) is 11.4. The molecule has 0 aromatic heterocycles. The summed E-state index contributed by atoms with van der Waals surface area (Å²) in [6.45, 7) is 3.80. The second-order valence-corrected chi connectivity index (χ2v) is 9.20. The average molecular weight is 583 g/mol. The molecule has 2 aliphatic rings. The number of hydrogen-bond acceptors (Lipinski definition) is 9.